The second-order valence-corrected chi connectivity index (χ2v) is 5.33. The minimum absolute atomic E-state index is 0.0779. The van der Waals surface area contributed by atoms with Gasteiger partial charge in [-0.1, -0.05) is 25.1 Å². The summed E-state index contributed by atoms with van der Waals surface area (Å²) in [6.07, 6.45) is -4.53. The first-order chi connectivity index (χ1) is 11.8. The Morgan fingerprint density at radius 3 is 2.44 bits per heavy atom. The topological polar surface area (TPSA) is 59.7 Å². The first-order valence-corrected chi connectivity index (χ1v) is 7.44. The van der Waals surface area contributed by atoms with E-state index in [1.165, 1.54) is 18.2 Å². The zero-order valence-corrected chi connectivity index (χ0v) is 13.1. The van der Waals surface area contributed by atoms with Crippen molar-refractivity contribution in [3.63, 3.8) is 0 Å². The van der Waals surface area contributed by atoms with Gasteiger partial charge in [0.2, 0.25) is 11.2 Å². The van der Waals surface area contributed by atoms with Crippen LogP contribution in [0.5, 0.6) is 17.2 Å². The van der Waals surface area contributed by atoms with Gasteiger partial charge in [-0.2, -0.15) is 13.2 Å². The molecule has 3 aromatic rings. The monoisotopic (exact) mass is 350 g/mol. The Morgan fingerprint density at radius 1 is 1.16 bits per heavy atom. The second-order valence-electron chi connectivity index (χ2n) is 5.33. The number of benzene rings is 2. The van der Waals surface area contributed by atoms with Crippen molar-refractivity contribution in [2.75, 3.05) is 0 Å². The fraction of sp³-hybridized carbons (Fsp3) is 0.167. The van der Waals surface area contributed by atoms with Crippen molar-refractivity contribution in [2.45, 2.75) is 19.5 Å². The fourth-order valence-corrected chi connectivity index (χ4v) is 2.43. The van der Waals surface area contributed by atoms with Crippen molar-refractivity contribution < 1.29 is 27.4 Å². The van der Waals surface area contributed by atoms with E-state index in [-0.39, 0.29) is 22.5 Å². The summed E-state index contributed by atoms with van der Waals surface area (Å²) in [7, 11) is 0. The van der Waals surface area contributed by atoms with Gasteiger partial charge >= 0.3 is 6.18 Å². The van der Waals surface area contributed by atoms with Crippen LogP contribution < -0.4 is 10.2 Å². The molecule has 0 atom stereocenters. The Labute approximate surface area is 140 Å². The molecule has 0 fully saturated rings. The van der Waals surface area contributed by atoms with Crippen molar-refractivity contribution in [3.05, 3.63) is 64.0 Å². The van der Waals surface area contributed by atoms with Gasteiger partial charge in [0.25, 0.3) is 5.76 Å². The average molecular weight is 350 g/mol. The van der Waals surface area contributed by atoms with Gasteiger partial charge in [0.1, 0.15) is 17.1 Å². The van der Waals surface area contributed by atoms with E-state index in [1.54, 1.807) is 25.1 Å². The van der Waals surface area contributed by atoms with Gasteiger partial charge in [-0.05, 0) is 30.2 Å². The molecule has 7 heteroatoms. The zero-order chi connectivity index (χ0) is 18.2. The number of hydrogen-bond acceptors (Lipinski definition) is 4. The van der Waals surface area contributed by atoms with E-state index >= 15 is 0 Å². The number of para-hydroxylation sites is 1. The summed E-state index contributed by atoms with van der Waals surface area (Å²) < 4.78 is 50.1. The molecule has 1 heterocycles. The molecule has 0 saturated heterocycles. The first-order valence-electron chi connectivity index (χ1n) is 7.44. The van der Waals surface area contributed by atoms with Crippen LogP contribution in [-0.4, -0.2) is 5.11 Å². The molecule has 2 aromatic carbocycles. The highest BCUT2D eigenvalue weighted by Gasteiger charge is 2.40. The van der Waals surface area contributed by atoms with Gasteiger partial charge in [0.15, 0.2) is 0 Å². The standard InChI is InChI=1S/C18H13F3O4/c1-2-10-8-12-14(9-13(10)22)25-17(18(19,20)21)16(15(12)23)24-11-6-4-3-5-7-11/h3-9,22H,2H2,1H3. The summed E-state index contributed by atoms with van der Waals surface area (Å²) >= 11 is 0. The van der Waals surface area contributed by atoms with E-state index in [4.69, 9.17) is 9.15 Å². The Kier molecular flexibility index (Phi) is 4.16. The van der Waals surface area contributed by atoms with E-state index in [1.807, 2.05) is 0 Å². The van der Waals surface area contributed by atoms with Gasteiger partial charge in [-0.15, -0.1) is 0 Å². The molecule has 0 radical (unpaired) electrons. The van der Waals surface area contributed by atoms with Gasteiger partial charge in [-0.25, -0.2) is 0 Å². The van der Waals surface area contributed by atoms with Crippen molar-refractivity contribution in [1.29, 1.82) is 0 Å². The van der Waals surface area contributed by atoms with Crippen LogP contribution >= 0.6 is 0 Å². The van der Waals surface area contributed by atoms with Crippen molar-refractivity contribution in [2.24, 2.45) is 0 Å². The van der Waals surface area contributed by atoms with Gasteiger partial charge in [0.05, 0.1) is 5.39 Å². The maximum Gasteiger partial charge on any atom is 0.453 e. The number of hydrogen-bond donors (Lipinski definition) is 1. The minimum atomic E-state index is -4.93. The third kappa shape index (κ3) is 3.17. The number of ether oxygens (including phenoxy) is 1. The van der Waals surface area contributed by atoms with Crippen molar-refractivity contribution in [3.8, 4) is 17.2 Å². The highest BCUT2D eigenvalue weighted by molar-refractivity contribution is 5.81. The molecule has 3 rings (SSSR count). The van der Waals surface area contributed by atoms with E-state index < -0.39 is 23.1 Å². The molecule has 0 aliphatic carbocycles. The third-order valence-corrected chi connectivity index (χ3v) is 3.65. The SMILES string of the molecule is CCc1cc2c(=O)c(Oc3ccccc3)c(C(F)(F)F)oc2cc1O. The zero-order valence-electron chi connectivity index (χ0n) is 13.1. The van der Waals surface area contributed by atoms with E-state index in [0.717, 1.165) is 6.07 Å². The van der Waals surface area contributed by atoms with E-state index in [2.05, 4.69) is 0 Å². The highest BCUT2D eigenvalue weighted by atomic mass is 19.4. The van der Waals surface area contributed by atoms with Crippen molar-refractivity contribution >= 4 is 11.0 Å². The lowest BCUT2D eigenvalue weighted by Gasteiger charge is -2.14. The molecule has 130 valence electrons. The Bertz CT molecular complexity index is 976. The number of halogens is 3. The van der Waals surface area contributed by atoms with E-state index in [0.29, 0.717) is 12.0 Å². The fourth-order valence-electron chi connectivity index (χ4n) is 2.43. The summed E-state index contributed by atoms with van der Waals surface area (Å²) in [4.78, 5) is 12.6. The number of phenols is 1. The molecule has 0 aliphatic heterocycles. The summed E-state index contributed by atoms with van der Waals surface area (Å²) in [5.74, 6) is -2.63. The van der Waals surface area contributed by atoms with Crippen LogP contribution in [0.2, 0.25) is 0 Å². The lowest BCUT2D eigenvalue weighted by molar-refractivity contribution is -0.154. The molecule has 0 amide bonds. The predicted octanol–water partition coefficient (Wildman–Crippen LogP) is 4.87. The van der Waals surface area contributed by atoms with Gasteiger partial charge in [0, 0.05) is 6.07 Å². The van der Waals surface area contributed by atoms with Crippen LogP contribution in [0.1, 0.15) is 18.2 Å². The normalized spacial score (nSPS) is 11.7. The molecule has 4 nitrogen and oxygen atoms in total. The number of alkyl halides is 3. The Balaban J connectivity index is 2.30. The Hall–Kier alpha value is -2.96. The number of rotatable bonds is 3. The average Bonchev–Trinajstić information content (AvgIpc) is 2.57. The van der Waals surface area contributed by atoms with Crippen LogP contribution in [-0.2, 0) is 12.6 Å². The molecule has 0 saturated carbocycles. The maximum atomic E-state index is 13.3. The summed E-state index contributed by atoms with van der Waals surface area (Å²) in [5.41, 5.74) is -0.884. The molecule has 0 bridgehead atoms. The highest BCUT2D eigenvalue weighted by Crippen LogP contribution is 2.39. The number of aryl methyl sites for hydroxylation is 1. The lowest BCUT2D eigenvalue weighted by Crippen LogP contribution is -2.15. The molecular weight excluding hydrogens is 337 g/mol. The summed E-state index contributed by atoms with van der Waals surface area (Å²) in [6.45, 7) is 1.74. The second kappa shape index (κ2) is 6.16. The molecule has 1 N–H and O–H groups in total. The number of aromatic hydroxyl groups is 1. The van der Waals surface area contributed by atoms with Crippen LogP contribution in [0, 0.1) is 0 Å². The molecule has 1 aromatic heterocycles. The molecule has 25 heavy (non-hydrogen) atoms. The molecule has 0 spiro atoms. The molecule has 0 unspecified atom stereocenters. The molecule has 0 aliphatic rings. The van der Waals surface area contributed by atoms with Crippen LogP contribution in [0.15, 0.2) is 51.7 Å². The van der Waals surface area contributed by atoms with Crippen LogP contribution in [0.25, 0.3) is 11.0 Å². The quantitative estimate of drug-likeness (QED) is 0.732. The Morgan fingerprint density at radius 2 is 1.84 bits per heavy atom. The van der Waals surface area contributed by atoms with Gasteiger partial charge in [-0.3, -0.25) is 4.79 Å². The van der Waals surface area contributed by atoms with Crippen LogP contribution in [0.3, 0.4) is 0 Å². The summed E-state index contributed by atoms with van der Waals surface area (Å²) in [5, 5.41) is 9.73. The lowest BCUT2D eigenvalue weighted by atomic mass is 10.1. The number of phenolic OH excluding ortho intramolecular Hbond substituents is 1. The maximum absolute atomic E-state index is 13.3. The predicted molar refractivity (Wildman–Crippen MR) is 85.0 cm³/mol. The largest absolute Gasteiger partial charge is 0.508 e. The number of fused-ring (bicyclic) bond motifs is 1. The van der Waals surface area contributed by atoms with Crippen LogP contribution in [0.4, 0.5) is 13.2 Å². The van der Waals surface area contributed by atoms with Gasteiger partial charge < -0.3 is 14.3 Å². The van der Waals surface area contributed by atoms with E-state index in [9.17, 15) is 23.1 Å². The first kappa shape index (κ1) is 16.9. The smallest absolute Gasteiger partial charge is 0.453 e. The third-order valence-electron chi connectivity index (χ3n) is 3.65. The minimum Gasteiger partial charge on any atom is -0.508 e. The summed E-state index contributed by atoms with van der Waals surface area (Å²) in [6, 6.07) is 9.98. The van der Waals surface area contributed by atoms with Crippen molar-refractivity contribution in [1.82, 2.24) is 0 Å². The molecular formula is C18H13F3O4.